The summed E-state index contributed by atoms with van der Waals surface area (Å²) in [4.78, 5) is 12.4. The fourth-order valence-electron chi connectivity index (χ4n) is 3.70. The van der Waals surface area contributed by atoms with Crippen LogP contribution >= 0.6 is 0 Å². The predicted octanol–water partition coefficient (Wildman–Crippen LogP) is 3.80. The van der Waals surface area contributed by atoms with Crippen LogP contribution in [0.5, 0.6) is 11.5 Å². The zero-order valence-corrected chi connectivity index (χ0v) is 16.0. The van der Waals surface area contributed by atoms with Crippen molar-refractivity contribution in [2.45, 2.75) is 31.2 Å². The number of furan rings is 1. The molecule has 3 aromatic rings. The highest BCUT2D eigenvalue weighted by Gasteiger charge is 2.47. The quantitative estimate of drug-likeness (QED) is 0.649. The van der Waals surface area contributed by atoms with Crippen LogP contribution in [0.3, 0.4) is 0 Å². The van der Waals surface area contributed by atoms with Gasteiger partial charge in [0.05, 0.1) is 18.8 Å². The third-order valence-corrected chi connectivity index (χ3v) is 5.22. The summed E-state index contributed by atoms with van der Waals surface area (Å²) in [6, 6.07) is 7.16. The van der Waals surface area contributed by atoms with Gasteiger partial charge in [-0.1, -0.05) is 6.07 Å². The van der Waals surface area contributed by atoms with E-state index >= 15 is 0 Å². The molecule has 0 aliphatic carbocycles. The number of amides is 1. The second kappa shape index (κ2) is 7.25. The minimum atomic E-state index is -4.54. The first kappa shape index (κ1) is 19.3. The van der Waals surface area contributed by atoms with E-state index in [0.717, 1.165) is 4.68 Å². The lowest BCUT2D eigenvalue weighted by Crippen LogP contribution is -2.35. The molecule has 31 heavy (non-hydrogen) atoms. The van der Waals surface area contributed by atoms with Crippen LogP contribution in [0.2, 0.25) is 0 Å². The lowest BCUT2D eigenvalue weighted by Gasteiger charge is -2.33. The summed E-state index contributed by atoms with van der Waals surface area (Å²) in [7, 11) is 0. The van der Waals surface area contributed by atoms with Crippen molar-refractivity contribution in [3.05, 3.63) is 59.7 Å². The Morgan fingerprint density at radius 3 is 2.84 bits per heavy atom. The molecule has 1 aromatic carbocycles. The molecule has 0 saturated heterocycles. The minimum Gasteiger partial charge on any atom is -0.467 e. The molecule has 4 heterocycles. The molecule has 2 aromatic heterocycles. The van der Waals surface area contributed by atoms with Crippen molar-refractivity contribution in [1.29, 1.82) is 0 Å². The number of rotatable bonds is 4. The molecule has 0 saturated carbocycles. The van der Waals surface area contributed by atoms with Gasteiger partial charge in [0.25, 0.3) is 5.91 Å². The van der Waals surface area contributed by atoms with Crippen LogP contribution in [0.15, 0.2) is 47.1 Å². The largest absolute Gasteiger partial charge is 0.467 e. The van der Waals surface area contributed by atoms with Crippen LogP contribution in [0.1, 0.15) is 40.3 Å². The Morgan fingerprint density at radius 2 is 2.06 bits per heavy atom. The monoisotopic (exact) mass is 434 g/mol. The van der Waals surface area contributed by atoms with E-state index in [9.17, 15) is 18.0 Å². The molecule has 2 N–H and O–H groups in total. The number of nitrogens with zero attached hydrogens (tertiary/aromatic N) is 2. The van der Waals surface area contributed by atoms with E-state index in [2.05, 4.69) is 15.7 Å². The van der Waals surface area contributed by atoms with Gasteiger partial charge >= 0.3 is 6.18 Å². The Kier molecular flexibility index (Phi) is 4.53. The van der Waals surface area contributed by atoms with Crippen molar-refractivity contribution >= 4 is 11.7 Å². The highest BCUT2D eigenvalue weighted by molar-refractivity contribution is 5.93. The maximum Gasteiger partial charge on any atom is 0.410 e. The van der Waals surface area contributed by atoms with Gasteiger partial charge in [-0.15, -0.1) is 0 Å². The first-order chi connectivity index (χ1) is 14.9. The fraction of sp³-hybridized carbons (Fsp3) is 0.300. The van der Waals surface area contributed by atoms with Crippen molar-refractivity contribution in [3.63, 3.8) is 0 Å². The van der Waals surface area contributed by atoms with E-state index < -0.39 is 24.2 Å². The topological polar surface area (TPSA) is 90.6 Å². The van der Waals surface area contributed by atoms with Gasteiger partial charge in [0.15, 0.2) is 23.2 Å². The zero-order valence-electron chi connectivity index (χ0n) is 16.0. The molecule has 162 valence electrons. The van der Waals surface area contributed by atoms with Crippen LogP contribution in [0, 0.1) is 0 Å². The molecule has 0 spiro atoms. The van der Waals surface area contributed by atoms with Gasteiger partial charge in [0.1, 0.15) is 11.6 Å². The summed E-state index contributed by atoms with van der Waals surface area (Å²) < 4.78 is 58.0. The SMILES string of the molecule is O=C(NCc1ccco1)c1cc2n(n1)[C@H](C(F)(F)F)C[C@@H](c1ccc3c(c1)OCO3)N2. The van der Waals surface area contributed by atoms with E-state index in [-0.39, 0.29) is 31.3 Å². The van der Waals surface area contributed by atoms with Crippen LogP contribution < -0.4 is 20.1 Å². The number of benzene rings is 1. The van der Waals surface area contributed by atoms with Crippen LogP contribution in [-0.2, 0) is 6.54 Å². The van der Waals surface area contributed by atoms with Gasteiger partial charge in [-0.2, -0.15) is 18.3 Å². The summed E-state index contributed by atoms with van der Waals surface area (Å²) in [6.07, 6.45) is -3.37. The second-order valence-electron chi connectivity index (χ2n) is 7.22. The molecule has 5 rings (SSSR count). The number of aromatic nitrogens is 2. The van der Waals surface area contributed by atoms with E-state index in [0.29, 0.717) is 22.8 Å². The Labute approximate surface area is 173 Å². The van der Waals surface area contributed by atoms with Gasteiger partial charge < -0.3 is 24.5 Å². The fourth-order valence-corrected chi connectivity index (χ4v) is 3.70. The molecule has 2 aliphatic rings. The second-order valence-corrected chi connectivity index (χ2v) is 7.22. The number of ether oxygens (including phenoxy) is 2. The van der Waals surface area contributed by atoms with Crippen molar-refractivity contribution in [1.82, 2.24) is 15.1 Å². The van der Waals surface area contributed by atoms with E-state index in [4.69, 9.17) is 13.9 Å². The standard InChI is InChI=1S/C20H17F3N4O4/c21-20(22,23)17-7-13(11-3-4-15-16(6-11)31-10-30-15)25-18-8-14(26-27(17)18)19(28)24-9-12-2-1-5-29-12/h1-6,8,13,17,25H,7,9-10H2,(H,24,28)/t13-,17-/m0/s1. The van der Waals surface area contributed by atoms with Crippen LogP contribution in [0.4, 0.5) is 19.0 Å². The average Bonchev–Trinajstić information content (AvgIpc) is 3.50. The first-order valence-electron chi connectivity index (χ1n) is 9.51. The Hall–Kier alpha value is -3.63. The molecule has 1 amide bonds. The molecule has 2 atom stereocenters. The molecule has 0 unspecified atom stereocenters. The average molecular weight is 434 g/mol. The lowest BCUT2D eigenvalue weighted by atomic mass is 9.96. The molecular weight excluding hydrogens is 417 g/mol. The van der Waals surface area contributed by atoms with Gasteiger partial charge in [0.2, 0.25) is 6.79 Å². The smallest absolute Gasteiger partial charge is 0.410 e. The maximum atomic E-state index is 13.8. The predicted molar refractivity (Wildman–Crippen MR) is 101 cm³/mol. The Balaban J connectivity index is 1.41. The molecule has 2 aliphatic heterocycles. The third kappa shape index (κ3) is 3.66. The number of alkyl halides is 3. The van der Waals surface area contributed by atoms with Gasteiger partial charge in [0, 0.05) is 12.5 Å². The normalized spacial score (nSPS) is 19.6. The summed E-state index contributed by atoms with van der Waals surface area (Å²) in [6.45, 7) is 0.176. The summed E-state index contributed by atoms with van der Waals surface area (Å²) >= 11 is 0. The number of anilines is 1. The number of carbonyl (C=O) groups excluding carboxylic acids is 1. The first-order valence-corrected chi connectivity index (χ1v) is 9.51. The zero-order chi connectivity index (χ0) is 21.6. The number of fused-ring (bicyclic) bond motifs is 2. The Bertz CT molecular complexity index is 1110. The van der Waals surface area contributed by atoms with E-state index in [1.165, 1.54) is 12.3 Å². The molecule has 11 heteroatoms. The summed E-state index contributed by atoms with van der Waals surface area (Å²) in [5, 5.41) is 9.58. The van der Waals surface area contributed by atoms with Crippen LogP contribution in [-0.4, -0.2) is 28.7 Å². The highest BCUT2D eigenvalue weighted by atomic mass is 19.4. The number of hydrogen-bond acceptors (Lipinski definition) is 6. The molecule has 0 radical (unpaired) electrons. The van der Waals surface area contributed by atoms with E-state index in [1.54, 1.807) is 30.3 Å². The Morgan fingerprint density at radius 1 is 1.23 bits per heavy atom. The maximum absolute atomic E-state index is 13.8. The lowest BCUT2D eigenvalue weighted by molar-refractivity contribution is -0.173. The van der Waals surface area contributed by atoms with Gasteiger partial charge in [-0.05, 0) is 29.8 Å². The van der Waals surface area contributed by atoms with Crippen molar-refractivity contribution in [3.8, 4) is 11.5 Å². The number of halogens is 3. The summed E-state index contributed by atoms with van der Waals surface area (Å²) in [5.41, 5.74) is 0.504. The van der Waals surface area contributed by atoms with Crippen molar-refractivity contribution in [2.24, 2.45) is 0 Å². The molecule has 0 fully saturated rings. The molecule has 0 bridgehead atoms. The summed E-state index contributed by atoms with van der Waals surface area (Å²) in [5.74, 6) is 1.07. The minimum absolute atomic E-state index is 0.0747. The number of carbonyl (C=O) groups is 1. The highest BCUT2D eigenvalue weighted by Crippen LogP contribution is 2.45. The number of nitrogens with one attached hydrogen (secondary N) is 2. The van der Waals surface area contributed by atoms with Gasteiger partial charge in [-0.25, -0.2) is 4.68 Å². The van der Waals surface area contributed by atoms with Crippen LogP contribution in [0.25, 0.3) is 0 Å². The van der Waals surface area contributed by atoms with Crippen molar-refractivity contribution in [2.75, 3.05) is 12.1 Å². The van der Waals surface area contributed by atoms with Crippen molar-refractivity contribution < 1.29 is 31.9 Å². The third-order valence-electron chi connectivity index (χ3n) is 5.22. The van der Waals surface area contributed by atoms with Gasteiger partial charge in [-0.3, -0.25) is 4.79 Å². The number of hydrogen-bond donors (Lipinski definition) is 2. The molecular formula is C20H17F3N4O4. The van der Waals surface area contributed by atoms with E-state index in [1.807, 2.05) is 0 Å². The molecule has 8 nitrogen and oxygen atoms in total.